The molecular weight excluding hydrogens is 302 g/mol. The minimum Gasteiger partial charge on any atom is -0.493 e. The van der Waals surface area contributed by atoms with E-state index in [1.54, 1.807) is 0 Å². The van der Waals surface area contributed by atoms with Crippen LogP contribution in [-0.2, 0) is 17.6 Å². The molecule has 0 aliphatic carbocycles. The van der Waals surface area contributed by atoms with Gasteiger partial charge in [-0.05, 0) is 42.6 Å². The summed E-state index contributed by atoms with van der Waals surface area (Å²) in [5.74, 6) is 0.139. The molecule has 2 aromatic carbocycles. The van der Waals surface area contributed by atoms with Crippen LogP contribution in [0.5, 0.6) is 5.75 Å². The number of benzene rings is 2. The summed E-state index contributed by atoms with van der Waals surface area (Å²) in [5, 5.41) is 11.7. The number of nitrogens with one attached hydrogen (secondary N) is 1. The van der Waals surface area contributed by atoms with Crippen LogP contribution in [0, 0.1) is 0 Å². The lowest BCUT2D eigenvalue weighted by Gasteiger charge is -2.08. The first-order chi connectivity index (χ1) is 11.7. The van der Waals surface area contributed by atoms with Gasteiger partial charge in [-0.1, -0.05) is 42.5 Å². The number of carboxylic acid groups (broad SMARTS) is 1. The van der Waals surface area contributed by atoms with Crippen molar-refractivity contribution < 1.29 is 14.6 Å². The highest BCUT2D eigenvalue weighted by molar-refractivity contribution is 5.66. The van der Waals surface area contributed by atoms with E-state index in [0.717, 1.165) is 31.6 Å². The number of carboxylic acids is 1. The van der Waals surface area contributed by atoms with Gasteiger partial charge in [0.25, 0.3) is 0 Å². The second-order valence-corrected chi connectivity index (χ2v) is 5.73. The van der Waals surface area contributed by atoms with Gasteiger partial charge in [-0.25, -0.2) is 0 Å². The standard InChI is InChI=1S/C20H25NO3/c22-20(23)12-15-21-14-4-7-18-8-10-19(11-9-18)24-16-13-17-5-2-1-3-6-17/h1-3,5-6,8-11,21H,4,7,12-16H2,(H,22,23). The highest BCUT2D eigenvalue weighted by Gasteiger charge is 1.99. The summed E-state index contributed by atoms with van der Waals surface area (Å²) in [7, 11) is 0. The molecule has 0 atom stereocenters. The van der Waals surface area contributed by atoms with E-state index >= 15 is 0 Å². The zero-order valence-corrected chi connectivity index (χ0v) is 13.9. The predicted octanol–water partition coefficient (Wildman–Crippen LogP) is 3.31. The minimum atomic E-state index is -0.759. The van der Waals surface area contributed by atoms with Gasteiger partial charge >= 0.3 is 5.97 Å². The third kappa shape index (κ3) is 7.29. The fourth-order valence-corrected chi connectivity index (χ4v) is 2.42. The van der Waals surface area contributed by atoms with Crippen molar-refractivity contribution in [3.63, 3.8) is 0 Å². The molecule has 0 heterocycles. The van der Waals surface area contributed by atoms with Crippen molar-refractivity contribution in [2.75, 3.05) is 19.7 Å². The smallest absolute Gasteiger partial charge is 0.304 e. The maximum atomic E-state index is 10.4. The van der Waals surface area contributed by atoms with E-state index in [2.05, 4.69) is 29.6 Å². The highest BCUT2D eigenvalue weighted by atomic mass is 16.5. The maximum Gasteiger partial charge on any atom is 0.304 e. The number of carbonyl (C=O) groups is 1. The number of aliphatic carboxylic acids is 1. The van der Waals surface area contributed by atoms with Crippen LogP contribution in [0.25, 0.3) is 0 Å². The van der Waals surface area contributed by atoms with E-state index in [1.165, 1.54) is 11.1 Å². The molecule has 2 rings (SSSR count). The molecule has 0 amide bonds. The molecule has 2 N–H and O–H groups in total. The molecule has 0 bridgehead atoms. The van der Waals surface area contributed by atoms with Gasteiger partial charge in [0.2, 0.25) is 0 Å². The summed E-state index contributed by atoms with van der Waals surface area (Å²) >= 11 is 0. The van der Waals surface area contributed by atoms with Crippen molar-refractivity contribution in [3.05, 3.63) is 65.7 Å². The van der Waals surface area contributed by atoms with E-state index in [1.807, 2.05) is 30.3 Å². The van der Waals surface area contributed by atoms with Gasteiger partial charge in [-0.2, -0.15) is 0 Å². The first-order valence-electron chi connectivity index (χ1n) is 8.42. The summed E-state index contributed by atoms with van der Waals surface area (Å²) in [6, 6.07) is 18.5. The second-order valence-electron chi connectivity index (χ2n) is 5.73. The molecule has 0 spiro atoms. The Kier molecular flexibility index (Phi) is 7.84. The number of hydrogen-bond donors (Lipinski definition) is 2. The Morgan fingerprint density at radius 1 is 0.917 bits per heavy atom. The molecule has 0 fully saturated rings. The first kappa shape index (κ1) is 18.0. The molecule has 0 aromatic heterocycles. The normalized spacial score (nSPS) is 10.5. The Morgan fingerprint density at radius 2 is 1.62 bits per heavy atom. The fourth-order valence-electron chi connectivity index (χ4n) is 2.42. The third-order valence-electron chi connectivity index (χ3n) is 3.76. The fraction of sp³-hybridized carbons (Fsp3) is 0.350. The summed E-state index contributed by atoms with van der Waals surface area (Å²) in [4.78, 5) is 10.4. The molecule has 0 aliphatic heterocycles. The van der Waals surface area contributed by atoms with E-state index in [9.17, 15) is 4.79 Å². The van der Waals surface area contributed by atoms with Crippen LogP contribution >= 0.6 is 0 Å². The number of ether oxygens (including phenoxy) is 1. The van der Waals surface area contributed by atoms with E-state index in [-0.39, 0.29) is 6.42 Å². The zero-order chi connectivity index (χ0) is 17.0. The molecule has 0 saturated heterocycles. The van der Waals surface area contributed by atoms with Gasteiger partial charge in [0.1, 0.15) is 5.75 Å². The van der Waals surface area contributed by atoms with Crippen LogP contribution in [0.4, 0.5) is 0 Å². The molecule has 128 valence electrons. The lowest BCUT2D eigenvalue weighted by molar-refractivity contribution is -0.136. The molecule has 2 aromatic rings. The molecule has 0 saturated carbocycles. The summed E-state index contributed by atoms with van der Waals surface area (Å²) in [6.45, 7) is 2.04. The summed E-state index contributed by atoms with van der Waals surface area (Å²) in [6.07, 6.45) is 3.05. The lowest BCUT2D eigenvalue weighted by Crippen LogP contribution is -2.19. The van der Waals surface area contributed by atoms with Gasteiger partial charge in [-0.15, -0.1) is 0 Å². The average Bonchev–Trinajstić information content (AvgIpc) is 2.60. The number of hydrogen-bond acceptors (Lipinski definition) is 3. The minimum absolute atomic E-state index is 0.176. The molecule has 0 unspecified atom stereocenters. The highest BCUT2D eigenvalue weighted by Crippen LogP contribution is 2.14. The second kappa shape index (κ2) is 10.4. The monoisotopic (exact) mass is 327 g/mol. The average molecular weight is 327 g/mol. The van der Waals surface area contributed by atoms with E-state index < -0.39 is 5.97 Å². The van der Waals surface area contributed by atoms with Crippen molar-refractivity contribution in [1.82, 2.24) is 5.32 Å². The number of rotatable bonds is 11. The Bertz CT molecular complexity index is 596. The van der Waals surface area contributed by atoms with Crippen LogP contribution in [0.1, 0.15) is 24.0 Å². The van der Waals surface area contributed by atoms with Crippen molar-refractivity contribution >= 4 is 5.97 Å². The van der Waals surface area contributed by atoms with Crippen LogP contribution in [0.3, 0.4) is 0 Å². The Morgan fingerprint density at radius 3 is 2.33 bits per heavy atom. The molecule has 0 radical (unpaired) electrons. The molecular formula is C20H25NO3. The zero-order valence-electron chi connectivity index (χ0n) is 13.9. The van der Waals surface area contributed by atoms with Crippen LogP contribution in [-0.4, -0.2) is 30.8 Å². The van der Waals surface area contributed by atoms with E-state index in [4.69, 9.17) is 9.84 Å². The Hall–Kier alpha value is -2.33. The Balaban J connectivity index is 1.61. The van der Waals surface area contributed by atoms with Gasteiger partial charge in [0.15, 0.2) is 0 Å². The number of aryl methyl sites for hydroxylation is 1. The quantitative estimate of drug-likeness (QED) is 0.622. The van der Waals surface area contributed by atoms with Crippen molar-refractivity contribution in [3.8, 4) is 5.75 Å². The molecule has 0 aliphatic rings. The van der Waals surface area contributed by atoms with Crippen LogP contribution in [0.2, 0.25) is 0 Å². The maximum absolute atomic E-state index is 10.4. The lowest BCUT2D eigenvalue weighted by atomic mass is 10.1. The van der Waals surface area contributed by atoms with E-state index in [0.29, 0.717) is 13.2 Å². The van der Waals surface area contributed by atoms with Gasteiger partial charge in [-0.3, -0.25) is 4.79 Å². The Labute approximate surface area is 143 Å². The van der Waals surface area contributed by atoms with Gasteiger partial charge < -0.3 is 15.2 Å². The van der Waals surface area contributed by atoms with Gasteiger partial charge in [0.05, 0.1) is 13.0 Å². The third-order valence-corrected chi connectivity index (χ3v) is 3.76. The molecule has 24 heavy (non-hydrogen) atoms. The molecule has 4 nitrogen and oxygen atoms in total. The van der Waals surface area contributed by atoms with Gasteiger partial charge in [0, 0.05) is 13.0 Å². The topological polar surface area (TPSA) is 58.6 Å². The van der Waals surface area contributed by atoms with Crippen molar-refractivity contribution in [2.24, 2.45) is 0 Å². The summed E-state index contributed by atoms with van der Waals surface area (Å²) < 4.78 is 5.78. The predicted molar refractivity (Wildman–Crippen MR) is 95.5 cm³/mol. The SMILES string of the molecule is O=C(O)CCNCCCc1ccc(OCCc2ccccc2)cc1. The largest absolute Gasteiger partial charge is 0.493 e. The van der Waals surface area contributed by atoms with Crippen LogP contribution < -0.4 is 10.1 Å². The van der Waals surface area contributed by atoms with Crippen molar-refractivity contribution in [1.29, 1.82) is 0 Å². The molecule has 4 heteroatoms. The van der Waals surface area contributed by atoms with Crippen LogP contribution in [0.15, 0.2) is 54.6 Å². The summed E-state index contributed by atoms with van der Waals surface area (Å²) in [5.41, 5.74) is 2.55. The van der Waals surface area contributed by atoms with Crippen molar-refractivity contribution in [2.45, 2.75) is 25.7 Å². The first-order valence-corrected chi connectivity index (χ1v) is 8.42.